The molecule has 1 aliphatic carbocycles. The number of carbonyl (C=O) groups is 2. The molecule has 0 aromatic heterocycles. The summed E-state index contributed by atoms with van der Waals surface area (Å²) in [6.07, 6.45) is 6.13. The van der Waals surface area contributed by atoms with Crippen molar-refractivity contribution in [1.82, 2.24) is 10.2 Å². The molecule has 26 heavy (non-hydrogen) atoms. The summed E-state index contributed by atoms with van der Waals surface area (Å²) in [5.41, 5.74) is 1.31. The second-order valence-corrected chi connectivity index (χ2v) is 7.81. The molecule has 0 radical (unpaired) electrons. The van der Waals surface area contributed by atoms with Gasteiger partial charge in [-0.25, -0.2) is 0 Å². The smallest absolute Gasteiger partial charge is 0.255 e. The van der Waals surface area contributed by atoms with Crippen molar-refractivity contribution in [1.29, 1.82) is 0 Å². The Morgan fingerprint density at radius 3 is 2.77 bits per heavy atom. The molecule has 5 heteroatoms. The van der Waals surface area contributed by atoms with Gasteiger partial charge in [-0.05, 0) is 51.2 Å². The van der Waals surface area contributed by atoms with Crippen LogP contribution in [-0.2, 0) is 4.79 Å². The number of nitrogens with one attached hydrogen (secondary N) is 1. The maximum Gasteiger partial charge on any atom is 0.255 e. The molecule has 1 spiro atoms. The number of benzene rings is 1. The number of hydrogen-bond acceptors (Lipinski definition) is 3. The Bertz CT molecular complexity index is 678. The number of amides is 2. The van der Waals surface area contributed by atoms with E-state index in [1.807, 2.05) is 37.1 Å². The topological polar surface area (TPSA) is 58.6 Å². The van der Waals surface area contributed by atoms with Crippen LogP contribution in [0.2, 0.25) is 0 Å². The molecule has 2 amide bonds. The van der Waals surface area contributed by atoms with Gasteiger partial charge in [0, 0.05) is 19.5 Å². The second-order valence-electron chi connectivity index (χ2n) is 7.81. The normalized spacial score (nSPS) is 25.0. The van der Waals surface area contributed by atoms with Crippen molar-refractivity contribution in [3.8, 4) is 5.75 Å². The number of carbonyl (C=O) groups excluding carboxylic acids is 2. The Labute approximate surface area is 156 Å². The van der Waals surface area contributed by atoms with Crippen molar-refractivity contribution in [3.63, 3.8) is 0 Å². The third kappa shape index (κ3) is 3.87. The zero-order valence-corrected chi connectivity index (χ0v) is 16.1. The minimum absolute atomic E-state index is 0.0606. The first kappa shape index (κ1) is 18.7. The average molecular weight is 358 g/mol. The number of nitrogens with zero attached hydrogens (tertiary/aromatic N) is 1. The Kier molecular flexibility index (Phi) is 5.54. The standard InChI is InChI=1S/C21H30N2O3/c1-4-5-6-19(24)23(3)16-9-11-21(12-10-16)14-22-20(25)17-13-15(2)7-8-18(17)26-21/h7-8,13,16H,4-6,9-12,14H2,1-3H3,(H,22,25). The number of fused-ring (bicyclic) bond motifs is 1. The average Bonchev–Trinajstić information content (AvgIpc) is 2.77. The zero-order valence-electron chi connectivity index (χ0n) is 16.1. The van der Waals surface area contributed by atoms with Gasteiger partial charge in [0.05, 0.1) is 12.1 Å². The number of ether oxygens (including phenoxy) is 1. The highest BCUT2D eigenvalue weighted by molar-refractivity contribution is 5.97. The molecule has 142 valence electrons. The number of aryl methyl sites for hydroxylation is 1. The van der Waals surface area contributed by atoms with Gasteiger partial charge >= 0.3 is 0 Å². The van der Waals surface area contributed by atoms with E-state index >= 15 is 0 Å². The number of unbranched alkanes of at least 4 members (excludes halogenated alkanes) is 1. The lowest BCUT2D eigenvalue weighted by Gasteiger charge is -2.42. The number of rotatable bonds is 4. The summed E-state index contributed by atoms with van der Waals surface area (Å²) in [7, 11) is 1.93. The first-order valence-electron chi connectivity index (χ1n) is 9.77. The first-order valence-corrected chi connectivity index (χ1v) is 9.77. The van der Waals surface area contributed by atoms with Crippen LogP contribution in [0.3, 0.4) is 0 Å². The van der Waals surface area contributed by atoms with Gasteiger partial charge in [0.2, 0.25) is 5.91 Å². The molecule has 1 aromatic rings. The molecule has 0 atom stereocenters. The van der Waals surface area contributed by atoms with Crippen molar-refractivity contribution >= 4 is 11.8 Å². The summed E-state index contributed by atoms with van der Waals surface area (Å²) in [4.78, 5) is 26.6. The molecule has 0 bridgehead atoms. The van der Waals surface area contributed by atoms with Gasteiger partial charge < -0.3 is 15.0 Å². The fourth-order valence-corrected chi connectivity index (χ4v) is 4.02. The molecule has 0 unspecified atom stereocenters. The Balaban J connectivity index is 1.67. The van der Waals surface area contributed by atoms with Gasteiger partial charge in [0.25, 0.3) is 5.91 Å². The highest BCUT2D eigenvalue weighted by Crippen LogP contribution is 2.37. The van der Waals surface area contributed by atoms with E-state index < -0.39 is 0 Å². The molecule has 2 aliphatic rings. The van der Waals surface area contributed by atoms with Gasteiger partial charge in [0.1, 0.15) is 11.4 Å². The van der Waals surface area contributed by atoms with Crippen LogP contribution >= 0.6 is 0 Å². The van der Waals surface area contributed by atoms with Gasteiger partial charge in [-0.3, -0.25) is 9.59 Å². The van der Waals surface area contributed by atoms with Crippen LogP contribution in [-0.4, -0.2) is 41.9 Å². The molecule has 0 saturated heterocycles. The molecule has 1 fully saturated rings. The third-order valence-corrected chi connectivity index (χ3v) is 5.83. The highest BCUT2D eigenvalue weighted by Gasteiger charge is 2.41. The molecule has 1 aliphatic heterocycles. The molecular formula is C21H30N2O3. The molecule has 3 rings (SSSR count). The molecule has 1 aromatic carbocycles. The van der Waals surface area contributed by atoms with Crippen LogP contribution in [0.4, 0.5) is 0 Å². The largest absolute Gasteiger partial charge is 0.485 e. The van der Waals surface area contributed by atoms with E-state index in [2.05, 4.69) is 12.2 Å². The SMILES string of the molecule is CCCCC(=O)N(C)C1CCC2(CC1)CNC(=O)c1cc(C)ccc1O2. The lowest BCUT2D eigenvalue weighted by atomic mass is 9.81. The summed E-state index contributed by atoms with van der Waals surface area (Å²) >= 11 is 0. The maximum absolute atomic E-state index is 12.4. The molecule has 1 N–H and O–H groups in total. The van der Waals surface area contributed by atoms with Gasteiger partial charge in [-0.15, -0.1) is 0 Å². The summed E-state index contributed by atoms with van der Waals surface area (Å²) in [5, 5.41) is 3.04. The van der Waals surface area contributed by atoms with E-state index in [0.717, 1.165) is 44.1 Å². The van der Waals surface area contributed by atoms with E-state index in [-0.39, 0.29) is 23.5 Å². The molecule has 5 nitrogen and oxygen atoms in total. The monoisotopic (exact) mass is 358 g/mol. The quantitative estimate of drug-likeness (QED) is 0.897. The van der Waals surface area contributed by atoms with Crippen molar-refractivity contribution in [2.75, 3.05) is 13.6 Å². The van der Waals surface area contributed by atoms with Gasteiger partial charge in [0.15, 0.2) is 0 Å². The molecule has 1 saturated carbocycles. The minimum atomic E-state index is -0.361. The lowest BCUT2D eigenvalue weighted by Crippen LogP contribution is -2.51. The second kappa shape index (κ2) is 7.68. The first-order chi connectivity index (χ1) is 12.4. The van der Waals surface area contributed by atoms with Crippen molar-refractivity contribution in [3.05, 3.63) is 29.3 Å². The Morgan fingerprint density at radius 1 is 1.35 bits per heavy atom. The van der Waals surface area contributed by atoms with Crippen LogP contribution in [0.1, 0.15) is 67.8 Å². The van der Waals surface area contributed by atoms with E-state index in [1.54, 1.807) is 0 Å². The predicted molar refractivity (Wildman–Crippen MR) is 101 cm³/mol. The molecular weight excluding hydrogens is 328 g/mol. The van der Waals surface area contributed by atoms with Crippen molar-refractivity contribution in [2.45, 2.75) is 70.4 Å². The van der Waals surface area contributed by atoms with E-state index in [9.17, 15) is 9.59 Å². The summed E-state index contributed by atoms with van der Waals surface area (Å²) in [5.74, 6) is 0.856. The Hall–Kier alpha value is -2.04. The van der Waals surface area contributed by atoms with Crippen LogP contribution in [0.25, 0.3) is 0 Å². The highest BCUT2D eigenvalue weighted by atomic mass is 16.5. The lowest BCUT2D eigenvalue weighted by molar-refractivity contribution is -0.133. The fraction of sp³-hybridized carbons (Fsp3) is 0.619. The van der Waals surface area contributed by atoms with Crippen molar-refractivity contribution < 1.29 is 14.3 Å². The predicted octanol–water partition coefficient (Wildman–Crippen LogP) is 3.45. The van der Waals surface area contributed by atoms with E-state index in [0.29, 0.717) is 24.3 Å². The maximum atomic E-state index is 12.4. The summed E-state index contributed by atoms with van der Waals surface area (Å²) in [6.45, 7) is 4.61. The summed E-state index contributed by atoms with van der Waals surface area (Å²) < 4.78 is 6.38. The third-order valence-electron chi connectivity index (χ3n) is 5.83. The van der Waals surface area contributed by atoms with Crippen LogP contribution < -0.4 is 10.1 Å². The Morgan fingerprint density at radius 2 is 2.08 bits per heavy atom. The van der Waals surface area contributed by atoms with E-state index in [4.69, 9.17) is 4.74 Å². The van der Waals surface area contributed by atoms with Gasteiger partial charge in [-0.2, -0.15) is 0 Å². The number of hydrogen-bond donors (Lipinski definition) is 1. The summed E-state index contributed by atoms with van der Waals surface area (Å²) in [6, 6.07) is 6.04. The van der Waals surface area contributed by atoms with Crippen LogP contribution in [0.15, 0.2) is 18.2 Å². The minimum Gasteiger partial charge on any atom is -0.485 e. The van der Waals surface area contributed by atoms with E-state index in [1.165, 1.54) is 0 Å². The zero-order chi connectivity index (χ0) is 18.7. The molecule has 1 heterocycles. The van der Waals surface area contributed by atoms with Crippen LogP contribution in [0.5, 0.6) is 5.75 Å². The van der Waals surface area contributed by atoms with Gasteiger partial charge in [-0.1, -0.05) is 25.0 Å². The van der Waals surface area contributed by atoms with Crippen LogP contribution in [0, 0.1) is 6.92 Å². The fourth-order valence-electron chi connectivity index (χ4n) is 4.02. The van der Waals surface area contributed by atoms with Crippen molar-refractivity contribution in [2.24, 2.45) is 0 Å².